The Hall–Kier alpha value is -3.42. The van der Waals surface area contributed by atoms with Gasteiger partial charge in [0.05, 0.1) is 31.1 Å². The molecule has 2 N–H and O–H groups in total. The maximum Gasteiger partial charge on any atom is 0.305 e. The van der Waals surface area contributed by atoms with Crippen molar-refractivity contribution in [3.05, 3.63) is 53.6 Å². The number of fused-ring (bicyclic) bond motifs is 2. The van der Waals surface area contributed by atoms with E-state index in [0.717, 1.165) is 46.9 Å². The van der Waals surface area contributed by atoms with Crippen molar-refractivity contribution < 1.29 is 14.7 Å². The summed E-state index contributed by atoms with van der Waals surface area (Å²) in [5.41, 5.74) is 5.22. The number of rotatable bonds is 5. The molecule has 0 aliphatic heterocycles. The van der Waals surface area contributed by atoms with Crippen molar-refractivity contribution in [2.75, 3.05) is 12.4 Å². The molecule has 8 nitrogen and oxygen atoms in total. The molecule has 138 valence electrons. The lowest BCUT2D eigenvalue weighted by atomic mass is 10.1. The lowest BCUT2D eigenvalue weighted by molar-refractivity contribution is -0.140. The number of methoxy groups -OCH3 is 1. The van der Waals surface area contributed by atoms with Crippen molar-refractivity contribution in [3.8, 4) is 0 Å². The normalized spacial score (nSPS) is 14.5. The highest BCUT2D eigenvalue weighted by atomic mass is 16.5. The van der Waals surface area contributed by atoms with Crippen LogP contribution in [0.4, 0.5) is 11.5 Å². The van der Waals surface area contributed by atoms with Crippen LogP contribution in [-0.2, 0) is 22.4 Å². The number of carbonyl (C=O) groups excluding carboxylic acids is 1. The van der Waals surface area contributed by atoms with Gasteiger partial charge in [-0.25, -0.2) is 4.98 Å². The summed E-state index contributed by atoms with van der Waals surface area (Å²) < 4.78 is 6.65. The summed E-state index contributed by atoms with van der Waals surface area (Å²) >= 11 is 0. The molecule has 1 aliphatic carbocycles. The molecule has 0 saturated heterocycles. The molecule has 2 heterocycles. The van der Waals surface area contributed by atoms with Crippen LogP contribution in [0, 0.1) is 0 Å². The van der Waals surface area contributed by atoms with Gasteiger partial charge < -0.3 is 15.3 Å². The number of benzene rings is 1. The second kappa shape index (κ2) is 7.06. The maximum atomic E-state index is 11.5. The van der Waals surface area contributed by atoms with Crippen LogP contribution in [-0.4, -0.2) is 38.4 Å². The molecule has 0 atom stereocenters. The molecule has 1 aliphatic rings. The lowest BCUT2D eigenvalue weighted by Crippen LogP contribution is -2.04. The molecule has 4 rings (SSSR count). The molecular formula is C19H19N5O3. The monoisotopic (exact) mass is 365 g/mol. The SMILES string of the molecule is COC(=O)CCc1nc2cnccn2c1Nc1ccc2c(c1)CC/C2=N\O. The Morgan fingerprint density at radius 2 is 2.30 bits per heavy atom. The molecule has 1 aromatic carbocycles. The molecule has 3 aromatic rings. The van der Waals surface area contributed by atoms with Gasteiger partial charge in [0.2, 0.25) is 0 Å². The van der Waals surface area contributed by atoms with Crippen molar-refractivity contribution >= 4 is 28.8 Å². The maximum absolute atomic E-state index is 11.5. The van der Waals surface area contributed by atoms with Crippen molar-refractivity contribution in [1.82, 2.24) is 14.4 Å². The second-order valence-electron chi connectivity index (χ2n) is 6.33. The molecule has 0 spiro atoms. The highest BCUT2D eigenvalue weighted by Gasteiger charge is 2.19. The molecule has 0 saturated carbocycles. The molecule has 27 heavy (non-hydrogen) atoms. The first-order chi connectivity index (χ1) is 13.2. The van der Waals surface area contributed by atoms with Crippen LogP contribution in [0.1, 0.15) is 29.7 Å². The minimum Gasteiger partial charge on any atom is -0.469 e. The number of oxime groups is 1. The summed E-state index contributed by atoms with van der Waals surface area (Å²) in [6.07, 6.45) is 7.50. The lowest BCUT2D eigenvalue weighted by Gasteiger charge is -2.10. The summed E-state index contributed by atoms with van der Waals surface area (Å²) in [6.45, 7) is 0. The first-order valence-corrected chi connectivity index (χ1v) is 8.68. The van der Waals surface area contributed by atoms with E-state index < -0.39 is 0 Å². The van der Waals surface area contributed by atoms with Gasteiger partial charge in [0.15, 0.2) is 5.65 Å². The topological polar surface area (TPSA) is 101 Å². The molecule has 0 radical (unpaired) electrons. The average molecular weight is 365 g/mol. The zero-order chi connectivity index (χ0) is 18.8. The van der Waals surface area contributed by atoms with Crippen molar-refractivity contribution in [1.29, 1.82) is 0 Å². The van der Waals surface area contributed by atoms with Crippen molar-refractivity contribution in [2.24, 2.45) is 5.16 Å². The van der Waals surface area contributed by atoms with Gasteiger partial charge in [-0.05, 0) is 30.5 Å². The van der Waals surface area contributed by atoms with E-state index in [1.807, 2.05) is 22.7 Å². The number of imidazole rings is 1. The highest BCUT2D eigenvalue weighted by molar-refractivity contribution is 6.04. The van der Waals surface area contributed by atoms with Crippen LogP contribution < -0.4 is 5.32 Å². The van der Waals surface area contributed by atoms with E-state index in [9.17, 15) is 4.79 Å². The minimum atomic E-state index is -0.274. The standard InChI is InChI=1S/C19H19N5O3/c1-27-18(25)7-6-16-19(24-9-8-20-11-17(24)22-16)21-13-3-4-14-12(10-13)2-5-15(14)23-26/h3-4,8-11,21,26H,2,5-7H2,1H3/b23-15+. The zero-order valence-corrected chi connectivity index (χ0v) is 14.8. The van der Waals surface area contributed by atoms with Crippen LogP contribution in [0.15, 0.2) is 41.9 Å². The number of hydrogen-bond donors (Lipinski definition) is 2. The van der Waals surface area contributed by atoms with E-state index >= 15 is 0 Å². The Labute approximate surface area is 155 Å². The summed E-state index contributed by atoms with van der Waals surface area (Å²) in [6, 6.07) is 5.96. The fourth-order valence-electron chi connectivity index (χ4n) is 3.37. The quantitative estimate of drug-likeness (QED) is 0.410. The first-order valence-electron chi connectivity index (χ1n) is 8.68. The van der Waals surface area contributed by atoms with Crippen molar-refractivity contribution in [2.45, 2.75) is 25.7 Å². The second-order valence-corrected chi connectivity index (χ2v) is 6.33. The van der Waals surface area contributed by atoms with Gasteiger partial charge in [0.25, 0.3) is 0 Å². The molecule has 8 heteroatoms. The third-order valence-corrected chi connectivity index (χ3v) is 4.73. The van der Waals surface area contributed by atoms with Gasteiger partial charge in [-0.1, -0.05) is 11.2 Å². The zero-order valence-electron chi connectivity index (χ0n) is 14.8. The van der Waals surface area contributed by atoms with E-state index in [1.54, 1.807) is 12.4 Å². The molecule has 0 bridgehead atoms. The third kappa shape index (κ3) is 3.21. The number of esters is 1. The van der Waals surface area contributed by atoms with Crippen LogP contribution in [0.25, 0.3) is 5.65 Å². The van der Waals surface area contributed by atoms with Gasteiger partial charge in [-0.2, -0.15) is 0 Å². The van der Waals surface area contributed by atoms with E-state index in [2.05, 4.69) is 26.5 Å². The smallest absolute Gasteiger partial charge is 0.305 e. The van der Waals surface area contributed by atoms with Crippen LogP contribution in [0.3, 0.4) is 0 Å². The summed E-state index contributed by atoms with van der Waals surface area (Å²) in [5.74, 6) is 0.523. The fourth-order valence-corrected chi connectivity index (χ4v) is 3.37. The molecular weight excluding hydrogens is 346 g/mol. The summed E-state index contributed by atoms with van der Waals surface area (Å²) in [5, 5.41) is 15.9. The van der Waals surface area contributed by atoms with Gasteiger partial charge in [-0.3, -0.25) is 14.2 Å². The number of ether oxygens (including phenoxy) is 1. The van der Waals surface area contributed by atoms with E-state index in [4.69, 9.17) is 9.94 Å². The summed E-state index contributed by atoms with van der Waals surface area (Å²) in [4.78, 5) is 20.2. The number of aromatic nitrogens is 3. The number of aryl methyl sites for hydroxylation is 2. The van der Waals surface area contributed by atoms with Gasteiger partial charge >= 0.3 is 5.97 Å². The first kappa shape index (κ1) is 17.0. The largest absolute Gasteiger partial charge is 0.469 e. The van der Waals surface area contributed by atoms with E-state index in [-0.39, 0.29) is 12.4 Å². The molecule has 2 aromatic heterocycles. The van der Waals surface area contributed by atoms with Gasteiger partial charge in [-0.15, -0.1) is 0 Å². The number of nitrogens with one attached hydrogen (secondary N) is 1. The number of carbonyl (C=O) groups is 1. The minimum absolute atomic E-state index is 0.253. The number of anilines is 2. The predicted octanol–water partition coefficient (Wildman–Crippen LogP) is 2.70. The fraction of sp³-hybridized carbons (Fsp3) is 0.263. The van der Waals surface area contributed by atoms with Crippen molar-refractivity contribution in [3.63, 3.8) is 0 Å². The summed E-state index contributed by atoms with van der Waals surface area (Å²) in [7, 11) is 1.38. The Morgan fingerprint density at radius 1 is 1.41 bits per heavy atom. The average Bonchev–Trinajstić information content (AvgIpc) is 3.27. The Bertz CT molecular complexity index is 1040. The van der Waals surface area contributed by atoms with E-state index in [1.165, 1.54) is 7.11 Å². The van der Waals surface area contributed by atoms with Crippen LogP contribution >= 0.6 is 0 Å². The Morgan fingerprint density at radius 3 is 3.11 bits per heavy atom. The molecule has 0 fully saturated rings. The Kier molecular flexibility index (Phi) is 4.45. The predicted molar refractivity (Wildman–Crippen MR) is 99.7 cm³/mol. The number of nitrogens with zero attached hydrogens (tertiary/aromatic N) is 4. The third-order valence-electron chi connectivity index (χ3n) is 4.73. The van der Waals surface area contributed by atoms with Gasteiger partial charge in [0, 0.05) is 30.1 Å². The number of hydrogen-bond acceptors (Lipinski definition) is 7. The van der Waals surface area contributed by atoms with Crippen LogP contribution in [0.2, 0.25) is 0 Å². The molecule has 0 unspecified atom stereocenters. The Balaban J connectivity index is 1.68. The molecule has 0 amide bonds. The van der Waals surface area contributed by atoms with Crippen LogP contribution in [0.5, 0.6) is 0 Å². The van der Waals surface area contributed by atoms with Gasteiger partial charge in [0.1, 0.15) is 5.82 Å². The highest BCUT2D eigenvalue weighted by Crippen LogP contribution is 2.29. The van der Waals surface area contributed by atoms with E-state index in [0.29, 0.717) is 12.1 Å².